The lowest BCUT2D eigenvalue weighted by Crippen LogP contribution is -2.54. The summed E-state index contributed by atoms with van der Waals surface area (Å²) in [5, 5.41) is 2.32. The second-order valence-corrected chi connectivity index (χ2v) is 13.9. The van der Waals surface area contributed by atoms with Crippen molar-refractivity contribution in [3.63, 3.8) is 0 Å². The molecule has 4 saturated carbocycles. The average Bonchev–Trinajstić information content (AvgIpc) is 2.90. The standard InChI is InChI=1S/C31H30I2N2O6/c1-2-40-26(36)16-41-27-24(32)11-17(12-25(27)33)10-23-28(37)34-30(39)35(29(23)38)22-5-3-21(4-6-22)31-13-18-7-19(14-31)9-20(8-18)15-31/h3-6,10-12,18-20H,2,7-9,13-16H2,1H3,(H,34,37,39)/b23-10+. The number of halogens is 2. The summed E-state index contributed by atoms with van der Waals surface area (Å²) in [5.74, 6) is 1.08. The van der Waals surface area contributed by atoms with Crippen molar-refractivity contribution in [1.29, 1.82) is 0 Å². The minimum atomic E-state index is -0.758. The van der Waals surface area contributed by atoms with E-state index in [4.69, 9.17) is 9.47 Å². The number of ether oxygens (including phenoxy) is 2. The van der Waals surface area contributed by atoms with Gasteiger partial charge in [-0.2, -0.15) is 0 Å². The summed E-state index contributed by atoms with van der Waals surface area (Å²) in [7, 11) is 0. The third-order valence-corrected chi connectivity index (χ3v) is 10.5. The fraction of sp³-hybridized carbons (Fsp3) is 0.419. The smallest absolute Gasteiger partial charge is 0.344 e. The lowest BCUT2D eigenvalue weighted by molar-refractivity contribution is -0.145. The number of nitrogens with zero attached hydrogens (tertiary/aromatic N) is 1. The molecule has 8 nitrogen and oxygen atoms in total. The van der Waals surface area contributed by atoms with Gasteiger partial charge < -0.3 is 9.47 Å². The lowest BCUT2D eigenvalue weighted by Gasteiger charge is -2.57. The second kappa shape index (κ2) is 11.3. The Hall–Kier alpha value is -2.48. The van der Waals surface area contributed by atoms with Crippen LogP contribution in [-0.2, 0) is 24.5 Å². The van der Waals surface area contributed by atoms with Crippen molar-refractivity contribution in [3.8, 4) is 5.75 Å². The number of anilines is 1. The predicted molar refractivity (Wildman–Crippen MR) is 169 cm³/mol. The molecule has 1 saturated heterocycles. The van der Waals surface area contributed by atoms with Gasteiger partial charge in [-0.25, -0.2) is 14.5 Å². The van der Waals surface area contributed by atoms with Gasteiger partial charge in [-0.1, -0.05) is 12.1 Å². The van der Waals surface area contributed by atoms with E-state index in [-0.39, 0.29) is 24.2 Å². The molecule has 7 rings (SSSR count). The summed E-state index contributed by atoms with van der Waals surface area (Å²) >= 11 is 4.15. The average molecular weight is 780 g/mol. The quantitative estimate of drug-likeness (QED) is 0.161. The molecule has 0 aromatic heterocycles. The van der Waals surface area contributed by atoms with E-state index in [1.165, 1.54) is 50.2 Å². The van der Waals surface area contributed by atoms with Crippen LogP contribution < -0.4 is 15.0 Å². The minimum Gasteiger partial charge on any atom is -0.480 e. The molecular formula is C31H30I2N2O6. The summed E-state index contributed by atoms with van der Waals surface area (Å²) in [4.78, 5) is 51.9. The first-order valence-corrected chi connectivity index (χ1v) is 16.1. The number of urea groups is 1. The molecule has 1 N–H and O–H groups in total. The van der Waals surface area contributed by atoms with E-state index in [9.17, 15) is 19.2 Å². The number of nitrogens with one attached hydrogen (secondary N) is 1. The van der Waals surface area contributed by atoms with E-state index in [0.717, 1.165) is 22.7 Å². The van der Waals surface area contributed by atoms with Crippen molar-refractivity contribution < 1.29 is 28.7 Å². The fourth-order valence-corrected chi connectivity index (χ4v) is 9.75. The molecule has 1 aliphatic heterocycles. The third kappa shape index (κ3) is 5.53. The molecule has 214 valence electrons. The molecule has 5 aliphatic rings. The topological polar surface area (TPSA) is 102 Å². The number of barbiturate groups is 1. The van der Waals surface area contributed by atoms with Crippen LogP contribution in [0.5, 0.6) is 5.75 Å². The van der Waals surface area contributed by atoms with Crippen LogP contribution in [-0.4, -0.2) is 37.0 Å². The van der Waals surface area contributed by atoms with Crippen molar-refractivity contribution in [2.75, 3.05) is 18.1 Å². The van der Waals surface area contributed by atoms with Gasteiger partial charge in [0.1, 0.15) is 11.3 Å². The van der Waals surface area contributed by atoms with Crippen LogP contribution in [0.1, 0.15) is 56.6 Å². The lowest BCUT2D eigenvalue weighted by atomic mass is 9.48. The van der Waals surface area contributed by atoms with E-state index in [0.29, 0.717) is 24.1 Å². The SMILES string of the molecule is CCOC(=O)COc1c(I)cc(/C=C2\C(=O)NC(=O)N(c3ccc(C45CC6CC(CC(C6)C4)C5)cc3)C2=O)cc1I. The molecular weight excluding hydrogens is 750 g/mol. The van der Waals surface area contributed by atoms with Gasteiger partial charge in [0.05, 0.1) is 19.4 Å². The van der Waals surface area contributed by atoms with Crippen LogP contribution in [0, 0.1) is 24.9 Å². The Morgan fingerprint density at radius 2 is 1.59 bits per heavy atom. The third-order valence-electron chi connectivity index (χ3n) is 8.85. The summed E-state index contributed by atoms with van der Waals surface area (Å²) in [6.45, 7) is 1.77. The molecule has 4 aliphatic carbocycles. The number of benzene rings is 2. The van der Waals surface area contributed by atoms with Gasteiger partial charge in [-0.3, -0.25) is 14.9 Å². The van der Waals surface area contributed by atoms with Crippen molar-refractivity contribution in [3.05, 3.63) is 60.2 Å². The molecule has 0 radical (unpaired) electrons. The largest absolute Gasteiger partial charge is 0.480 e. The molecule has 0 unspecified atom stereocenters. The zero-order valence-electron chi connectivity index (χ0n) is 22.6. The molecule has 4 amide bonds. The zero-order valence-corrected chi connectivity index (χ0v) is 26.9. The van der Waals surface area contributed by atoms with E-state index in [2.05, 4.69) is 62.6 Å². The minimum absolute atomic E-state index is 0.137. The van der Waals surface area contributed by atoms with Gasteiger partial charge in [0.15, 0.2) is 6.61 Å². The highest BCUT2D eigenvalue weighted by molar-refractivity contribution is 14.1. The Kier molecular flexibility index (Phi) is 7.90. The van der Waals surface area contributed by atoms with Crippen LogP contribution in [0.2, 0.25) is 0 Å². The monoisotopic (exact) mass is 780 g/mol. The normalized spacial score (nSPS) is 27.8. The number of amides is 4. The van der Waals surface area contributed by atoms with Crippen LogP contribution in [0.25, 0.3) is 6.08 Å². The van der Waals surface area contributed by atoms with E-state index >= 15 is 0 Å². The molecule has 41 heavy (non-hydrogen) atoms. The van der Waals surface area contributed by atoms with Crippen LogP contribution in [0.3, 0.4) is 0 Å². The number of carbonyl (C=O) groups is 4. The number of carbonyl (C=O) groups excluding carboxylic acids is 4. The van der Waals surface area contributed by atoms with Crippen molar-refractivity contribution in [2.45, 2.75) is 50.9 Å². The predicted octanol–water partition coefficient (Wildman–Crippen LogP) is 5.97. The molecule has 2 aromatic carbocycles. The van der Waals surface area contributed by atoms with Crippen molar-refractivity contribution in [2.24, 2.45) is 17.8 Å². The number of rotatable bonds is 7. The highest BCUT2D eigenvalue weighted by atomic mass is 127. The van der Waals surface area contributed by atoms with E-state index < -0.39 is 23.8 Å². The van der Waals surface area contributed by atoms with Crippen LogP contribution in [0.4, 0.5) is 10.5 Å². The number of hydrogen-bond acceptors (Lipinski definition) is 6. The molecule has 1 heterocycles. The van der Waals surface area contributed by atoms with Gasteiger partial charge in [-0.05, 0) is 155 Å². The first-order chi connectivity index (χ1) is 19.7. The summed E-state index contributed by atoms with van der Waals surface area (Å²) in [6, 6.07) is 10.5. The number of hydrogen-bond donors (Lipinski definition) is 1. The molecule has 0 atom stereocenters. The van der Waals surface area contributed by atoms with Gasteiger partial charge in [0.2, 0.25) is 0 Å². The summed E-state index contributed by atoms with van der Waals surface area (Å²) in [5.41, 5.74) is 2.40. The maximum Gasteiger partial charge on any atom is 0.344 e. The van der Waals surface area contributed by atoms with Crippen LogP contribution in [0.15, 0.2) is 42.0 Å². The maximum atomic E-state index is 13.5. The molecule has 4 bridgehead atoms. The molecule has 5 fully saturated rings. The Labute approximate surface area is 265 Å². The van der Waals surface area contributed by atoms with Gasteiger partial charge >= 0.3 is 12.0 Å². The number of imide groups is 2. The van der Waals surface area contributed by atoms with Gasteiger partial charge in [0.25, 0.3) is 11.8 Å². The Morgan fingerprint density at radius 1 is 1.00 bits per heavy atom. The van der Waals surface area contributed by atoms with E-state index in [1.807, 2.05) is 12.1 Å². The van der Waals surface area contributed by atoms with Gasteiger partial charge in [-0.15, -0.1) is 0 Å². The maximum absolute atomic E-state index is 13.5. The van der Waals surface area contributed by atoms with E-state index in [1.54, 1.807) is 19.1 Å². The highest BCUT2D eigenvalue weighted by Crippen LogP contribution is 2.60. The number of esters is 1. The first kappa shape index (κ1) is 28.6. The summed E-state index contributed by atoms with van der Waals surface area (Å²) < 4.78 is 11.9. The Bertz CT molecular complexity index is 1410. The Morgan fingerprint density at radius 3 is 2.15 bits per heavy atom. The second-order valence-electron chi connectivity index (χ2n) is 11.6. The fourth-order valence-electron chi connectivity index (χ4n) is 7.62. The van der Waals surface area contributed by atoms with Gasteiger partial charge in [0, 0.05) is 0 Å². The highest BCUT2D eigenvalue weighted by Gasteiger charge is 2.51. The molecule has 2 aromatic rings. The zero-order chi connectivity index (χ0) is 28.9. The Balaban J connectivity index is 1.23. The van der Waals surface area contributed by atoms with Crippen LogP contribution >= 0.6 is 45.2 Å². The molecule has 10 heteroatoms. The molecule has 0 spiro atoms. The first-order valence-electron chi connectivity index (χ1n) is 13.9. The van der Waals surface area contributed by atoms with Crippen molar-refractivity contribution in [1.82, 2.24) is 5.32 Å². The van der Waals surface area contributed by atoms with Crippen molar-refractivity contribution >= 4 is 80.8 Å². The summed E-state index contributed by atoms with van der Waals surface area (Å²) in [6.07, 6.45) is 9.26.